The number of rotatable bonds is 6. The van der Waals surface area contributed by atoms with Gasteiger partial charge in [-0.25, -0.2) is 9.78 Å². The van der Waals surface area contributed by atoms with E-state index in [4.69, 9.17) is 22.3 Å². The average Bonchev–Trinajstić information content (AvgIpc) is 3.14. The molecule has 0 atom stereocenters. The molecule has 0 unspecified atom stereocenters. The lowest BCUT2D eigenvalue weighted by molar-refractivity contribution is -0.122. The first-order chi connectivity index (χ1) is 17.4. The number of aromatic carboxylic acids is 1. The maximum Gasteiger partial charge on any atom is 0.335 e. The Labute approximate surface area is 218 Å². The van der Waals surface area contributed by atoms with Gasteiger partial charge in [0.05, 0.1) is 21.7 Å². The number of thiocarbonyl (C=S) groups is 1. The molecule has 0 spiro atoms. The summed E-state index contributed by atoms with van der Waals surface area (Å²) < 4.78 is 0.525. The minimum atomic E-state index is -0.959. The van der Waals surface area contributed by atoms with Crippen LogP contribution < -0.4 is 0 Å². The second kappa shape index (κ2) is 10.0. The highest BCUT2D eigenvalue weighted by Crippen LogP contribution is 2.33. The van der Waals surface area contributed by atoms with Gasteiger partial charge in [-0.15, -0.1) is 0 Å². The van der Waals surface area contributed by atoms with Crippen molar-refractivity contribution in [1.82, 2.24) is 9.88 Å². The van der Waals surface area contributed by atoms with Gasteiger partial charge < -0.3 is 5.11 Å². The first kappa shape index (κ1) is 23.9. The Balaban J connectivity index is 1.34. The predicted octanol–water partition coefficient (Wildman–Crippen LogP) is 6.35. The lowest BCUT2D eigenvalue weighted by Gasteiger charge is -2.14. The van der Waals surface area contributed by atoms with Crippen LogP contribution in [-0.2, 0) is 11.2 Å². The van der Waals surface area contributed by atoms with Gasteiger partial charge in [-0.05, 0) is 66.4 Å². The van der Waals surface area contributed by atoms with E-state index in [0.717, 1.165) is 38.9 Å². The van der Waals surface area contributed by atoms with Crippen molar-refractivity contribution in [2.75, 3.05) is 6.54 Å². The van der Waals surface area contributed by atoms with Gasteiger partial charge in [-0.3, -0.25) is 9.69 Å². The summed E-state index contributed by atoms with van der Waals surface area (Å²) in [5, 5.41) is 10.2. The molecule has 5 nitrogen and oxygen atoms in total. The third-order valence-electron chi connectivity index (χ3n) is 6.07. The molecule has 1 N–H and O–H groups in total. The van der Waals surface area contributed by atoms with Crippen LogP contribution >= 0.6 is 24.0 Å². The fraction of sp³-hybridized carbons (Fsp3) is 0.103. The average molecular weight is 511 g/mol. The normalized spacial score (nSPS) is 14.7. The number of para-hydroxylation sites is 1. The molecule has 0 saturated carbocycles. The fourth-order valence-corrected chi connectivity index (χ4v) is 5.50. The minimum Gasteiger partial charge on any atom is -0.478 e. The summed E-state index contributed by atoms with van der Waals surface area (Å²) in [6, 6.07) is 24.9. The van der Waals surface area contributed by atoms with E-state index in [1.807, 2.05) is 48.5 Å². The van der Waals surface area contributed by atoms with Crippen molar-refractivity contribution < 1.29 is 14.7 Å². The molecule has 4 aromatic rings. The van der Waals surface area contributed by atoms with Gasteiger partial charge in [0.15, 0.2) is 0 Å². The standard InChI is InChI=1S/C29H22N2O3S2/c1-18-15-22-6-2-3-8-24(22)30-26(18)23-7-4-5-20(16-23)17-25-27(32)31(29(35)36-25)14-13-19-9-11-21(12-10-19)28(33)34/h2-12,15-17H,13-14H2,1H3,(H,33,34). The van der Waals surface area contributed by atoms with Gasteiger partial charge in [0.25, 0.3) is 5.91 Å². The number of aromatic nitrogens is 1. The van der Waals surface area contributed by atoms with Crippen molar-refractivity contribution in [3.63, 3.8) is 0 Å². The third-order valence-corrected chi connectivity index (χ3v) is 7.45. The number of thioether (sulfide) groups is 1. The van der Waals surface area contributed by atoms with Crippen LogP contribution in [-0.4, -0.2) is 37.7 Å². The monoisotopic (exact) mass is 510 g/mol. The number of benzene rings is 3. The third kappa shape index (κ3) is 4.94. The first-order valence-corrected chi connectivity index (χ1v) is 12.7. The lowest BCUT2D eigenvalue weighted by atomic mass is 10.0. The molecule has 36 heavy (non-hydrogen) atoms. The Hall–Kier alpha value is -3.81. The van der Waals surface area contributed by atoms with Crippen molar-refractivity contribution in [2.24, 2.45) is 0 Å². The molecule has 1 saturated heterocycles. The van der Waals surface area contributed by atoms with Crippen LogP contribution in [0.3, 0.4) is 0 Å². The number of amides is 1. The van der Waals surface area contributed by atoms with E-state index in [0.29, 0.717) is 22.2 Å². The molecule has 178 valence electrons. The van der Waals surface area contributed by atoms with Crippen LogP contribution in [0.1, 0.15) is 27.0 Å². The van der Waals surface area contributed by atoms with Crippen LogP contribution in [0, 0.1) is 6.92 Å². The molecule has 1 fully saturated rings. The summed E-state index contributed by atoms with van der Waals surface area (Å²) in [5.41, 5.74) is 6.05. The number of pyridine rings is 1. The molecule has 3 aromatic carbocycles. The number of carboxylic acid groups (broad SMARTS) is 1. The number of carbonyl (C=O) groups excluding carboxylic acids is 1. The Bertz CT molecular complexity index is 1540. The van der Waals surface area contributed by atoms with E-state index < -0.39 is 5.97 Å². The largest absolute Gasteiger partial charge is 0.478 e. The Morgan fingerprint density at radius 2 is 1.83 bits per heavy atom. The second-order valence-corrected chi connectivity index (χ2v) is 10.2. The van der Waals surface area contributed by atoms with Gasteiger partial charge in [-0.2, -0.15) is 0 Å². The molecule has 7 heteroatoms. The minimum absolute atomic E-state index is 0.113. The van der Waals surface area contributed by atoms with E-state index in [1.54, 1.807) is 29.2 Å². The molecule has 0 radical (unpaired) electrons. The molecular weight excluding hydrogens is 488 g/mol. The zero-order chi connectivity index (χ0) is 25.2. The van der Waals surface area contributed by atoms with E-state index in [1.165, 1.54) is 11.8 Å². The number of carboxylic acids is 1. The SMILES string of the molecule is Cc1cc2ccccc2nc1-c1cccc(C=C2SC(=S)N(CCc3ccc(C(=O)O)cc3)C2=O)c1. The van der Waals surface area contributed by atoms with Crippen molar-refractivity contribution in [3.05, 3.63) is 106 Å². The van der Waals surface area contributed by atoms with Crippen molar-refractivity contribution in [3.8, 4) is 11.3 Å². The van der Waals surface area contributed by atoms with E-state index >= 15 is 0 Å². The van der Waals surface area contributed by atoms with Gasteiger partial charge in [0.1, 0.15) is 4.32 Å². The molecule has 5 rings (SSSR count). The number of fused-ring (bicyclic) bond motifs is 1. The van der Waals surface area contributed by atoms with Crippen molar-refractivity contribution in [1.29, 1.82) is 0 Å². The van der Waals surface area contributed by atoms with Crippen LogP contribution in [0.2, 0.25) is 0 Å². The molecule has 1 aliphatic heterocycles. The summed E-state index contributed by atoms with van der Waals surface area (Å²) in [4.78, 5) is 31.2. The number of nitrogens with zero attached hydrogens (tertiary/aromatic N) is 2. The summed E-state index contributed by atoms with van der Waals surface area (Å²) in [5.74, 6) is -1.07. The fourth-order valence-electron chi connectivity index (χ4n) is 4.19. The Morgan fingerprint density at radius 1 is 1.06 bits per heavy atom. The molecule has 0 aliphatic carbocycles. The summed E-state index contributed by atoms with van der Waals surface area (Å²) in [6.07, 6.45) is 2.46. The quantitative estimate of drug-likeness (QED) is 0.241. The highest BCUT2D eigenvalue weighted by Gasteiger charge is 2.31. The van der Waals surface area contributed by atoms with Gasteiger partial charge in [0, 0.05) is 17.5 Å². The lowest BCUT2D eigenvalue weighted by Crippen LogP contribution is -2.30. The van der Waals surface area contributed by atoms with Gasteiger partial charge in [-0.1, -0.05) is 72.5 Å². The Morgan fingerprint density at radius 3 is 2.61 bits per heavy atom. The maximum absolute atomic E-state index is 13.1. The summed E-state index contributed by atoms with van der Waals surface area (Å²) >= 11 is 6.79. The number of hydrogen-bond acceptors (Lipinski definition) is 5. The summed E-state index contributed by atoms with van der Waals surface area (Å²) in [7, 11) is 0. The maximum atomic E-state index is 13.1. The number of carbonyl (C=O) groups is 2. The second-order valence-electron chi connectivity index (χ2n) is 8.56. The zero-order valence-corrected chi connectivity index (χ0v) is 21.1. The van der Waals surface area contributed by atoms with Crippen molar-refractivity contribution in [2.45, 2.75) is 13.3 Å². The van der Waals surface area contributed by atoms with Crippen LogP contribution in [0.4, 0.5) is 0 Å². The smallest absolute Gasteiger partial charge is 0.335 e. The number of aryl methyl sites for hydroxylation is 1. The van der Waals surface area contributed by atoms with Gasteiger partial charge in [0.2, 0.25) is 0 Å². The topological polar surface area (TPSA) is 70.5 Å². The Kier molecular flexibility index (Phi) is 6.67. The van der Waals surface area contributed by atoms with Gasteiger partial charge >= 0.3 is 5.97 Å². The first-order valence-electron chi connectivity index (χ1n) is 11.4. The molecule has 1 amide bonds. The highest BCUT2D eigenvalue weighted by atomic mass is 32.2. The van der Waals surface area contributed by atoms with E-state index in [9.17, 15) is 9.59 Å². The molecule has 1 aromatic heterocycles. The molecule has 0 bridgehead atoms. The molecule has 1 aliphatic rings. The van der Waals surface area contributed by atoms with Crippen molar-refractivity contribution >= 4 is 57.2 Å². The van der Waals surface area contributed by atoms with E-state index in [-0.39, 0.29) is 11.5 Å². The summed E-state index contributed by atoms with van der Waals surface area (Å²) in [6.45, 7) is 2.50. The van der Waals surface area contributed by atoms with Crippen LogP contribution in [0.25, 0.3) is 28.2 Å². The number of hydrogen-bond donors (Lipinski definition) is 1. The van der Waals surface area contributed by atoms with Crippen LogP contribution in [0.15, 0.2) is 83.8 Å². The molecular formula is C29H22N2O3S2. The van der Waals surface area contributed by atoms with Crippen LogP contribution in [0.5, 0.6) is 0 Å². The van der Waals surface area contributed by atoms with E-state index in [2.05, 4.69) is 19.1 Å². The molecule has 2 heterocycles. The zero-order valence-electron chi connectivity index (χ0n) is 19.5. The highest BCUT2D eigenvalue weighted by molar-refractivity contribution is 8.26. The predicted molar refractivity (Wildman–Crippen MR) is 149 cm³/mol.